The Kier molecular flexibility index (Phi) is 22.7. The van der Waals surface area contributed by atoms with E-state index >= 15 is 0 Å². The summed E-state index contributed by atoms with van der Waals surface area (Å²) in [6, 6.07) is 0.715. The summed E-state index contributed by atoms with van der Waals surface area (Å²) in [6.45, 7) is 65.1. The van der Waals surface area contributed by atoms with Crippen molar-refractivity contribution < 1.29 is 60.0 Å². The van der Waals surface area contributed by atoms with Gasteiger partial charge in [-0.1, -0.05) is 123 Å². The van der Waals surface area contributed by atoms with Crippen LogP contribution in [0.3, 0.4) is 0 Å². The van der Waals surface area contributed by atoms with Crippen molar-refractivity contribution >= 4 is 89.0 Å². The summed E-state index contributed by atoms with van der Waals surface area (Å²) in [5.74, 6) is -0.450. The molecule has 28 unspecified atom stereocenters. The van der Waals surface area contributed by atoms with Crippen LogP contribution in [0.2, 0.25) is 0 Å². The number of carbonyl (C=O) groups excluding carboxylic acids is 4. The number of rotatable bonds is 12. The summed E-state index contributed by atoms with van der Waals surface area (Å²) in [6.07, 6.45) is 7.75. The molecule has 4 aromatic rings. The fourth-order valence-corrected chi connectivity index (χ4v) is 39.4. The first-order valence-corrected chi connectivity index (χ1v) is 51.5. The lowest BCUT2D eigenvalue weighted by atomic mass is 9.40. The van der Waals surface area contributed by atoms with E-state index in [1.807, 2.05) is 25.4 Å². The number of nitrogens with zero attached hydrogens (tertiary/aromatic N) is 8. The number of aliphatic hydroxyl groups is 8. The Hall–Kier alpha value is -4.96. The Morgan fingerprint density at radius 1 is 0.349 bits per heavy atom. The van der Waals surface area contributed by atoms with E-state index in [1.54, 1.807) is 34.0 Å². The lowest BCUT2D eigenvalue weighted by Crippen LogP contribution is -2.68. The van der Waals surface area contributed by atoms with Gasteiger partial charge in [0.1, 0.15) is 0 Å². The number of thiazole rings is 4. The van der Waals surface area contributed by atoms with Crippen LogP contribution in [0.1, 0.15) is 271 Å². The summed E-state index contributed by atoms with van der Waals surface area (Å²) in [5, 5.41) is 95.6. The van der Waals surface area contributed by atoms with Gasteiger partial charge < -0.3 is 60.5 Å². The average Bonchev–Trinajstić information content (AvgIpc) is 1.46. The van der Waals surface area contributed by atoms with Crippen molar-refractivity contribution in [2.45, 2.75) is 337 Å². The topological polar surface area (TPSA) is 295 Å². The second-order valence-corrected chi connectivity index (χ2v) is 50.7. The number of anilines is 4. The largest absolute Gasteiger partial charge is 0.392 e. The minimum atomic E-state index is -1.09. The van der Waals surface area contributed by atoms with Gasteiger partial charge in [-0.2, -0.15) is 0 Å². The van der Waals surface area contributed by atoms with Crippen LogP contribution in [0.25, 0.3) is 0 Å². The first-order chi connectivity index (χ1) is 58.8. The highest BCUT2D eigenvalue weighted by Crippen LogP contribution is 2.77. The summed E-state index contributed by atoms with van der Waals surface area (Å²) in [4.78, 5) is 89.1. The molecule has 4 aromatic heterocycles. The number of fused-ring (bicyclic) bond motifs is 16. The molecule has 12 fully saturated rings. The van der Waals surface area contributed by atoms with Gasteiger partial charge in [0.05, 0.1) is 93.3 Å². The molecule has 8 N–H and O–H groups in total. The van der Waals surface area contributed by atoms with Gasteiger partial charge in [0.25, 0.3) is 0 Å². The highest BCUT2D eigenvalue weighted by atomic mass is 32.1. The fourth-order valence-electron chi connectivity index (χ4n) is 33.4. The maximum Gasteiger partial charge on any atom is 0.186 e. The Morgan fingerprint density at radius 2 is 0.579 bits per heavy atom. The summed E-state index contributed by atoms with van der Waals surface area (Å²) in [5.41, 5.74) is 0.947. The molecule has 28 atom stereocenters. The van der Waals surface area contributed by atoms with Crippen LogP contribution in [0.4, 0.5) is 20.5 Å². The molecule has 0 aromatic carbocycles. The van der Waals surface area contributed by atoms with Gasteiger partial charge in [0.2, 0.25) is 0 Å². The third-order valence-electron chi connectivity index (χ3n) is 38.6. The van der Waals surface area contributed by atoms with E-state index in [9.17, 15) is 60.0 Å². The smallest absolute Gasteiger partial charge is 0.186 e. The van der Waals surface area contributed by atoms with E-state index in [-0.39, 0.29) is 137 Å². The molecule has 4 heterocycles. The highest BCUT2D eigenvalue weighted by molar-refractivity contribution is 7.16. The molecule has 0 radical (unpaired) electrons. The molecular weight excluding hydrogens is 1660 g/mol. The first-order valence-electron chi connectivity index (χ1n) is 48.2. The van der Waals surface area contributed by atoms with E-state index in [0.717, 1.165) is 148 Å². The number of aromatic nitrogens is 4. The fraction of sp³-hybridized carbons (Fsp3) is 0.765. The number of hydrogen-bond acceptors (Lipinski definition) is 24. The molecule has 4 spiro atoms. The zero-order valence-electron chi connectivity index (χ0n) is 79.5. The standard InChI is InChI=1S/2C27H40N2O3S.C25H36N2O3S.C23H32N2O3S/c1-13(2)29(14(3)4)24-28-21-17(33-24)12-26(8)18-10-9-16-15(5)22(31)27(18,23(16)32)20(30)11-19(26)25(21,6)7;1-7-11-29(12-8-2)24-28-21-17(33-24)14-26(6)18-10-9-16-15(3)22(31)27(18,23(16)32)20(30)13-19(26)25(21,4)5;1-7-27(8-2)22-26-19-15(31-22)12-24(6)16-10-9-14-13(3)20(29)25(16,21(14)30)18(28)11-17(24)23(19,4)5;1-11-12-7-8-14-22(4)10-13-17(24-20(29-13)25(5)6)21(2,3)15(22)9-16(26)23(14,18(11)27)19(12)28/h13-14,16,18-20,23,30,32H,5,9-12H2,1-4,6-8H3;16,18-20,23,30,32H,3,7-14H2,1-2,4-6H3;14,16-18,21,28,30H,3,7-12H2,1-2,4-6H3;12,14-16,19,26,28H,1,7-10H2,2-6H3. The number of carbonyl (C=O) groups is 4. The molecule has 0 amide bonds. The van der Waals surface area contributed by atoms with Gasteiger partial charge in [-0.15, -0.1) is 45.3 Å². The van der Waals surface area contributed by atoms with Gasteiger partial charge in [-0.25, -0.2) is 19.9 Å². The molecule has 20 rings (SSSR count). The Bertz CT molecular complexity index is 5090. The van der Waals surface area contributed by atoms with Crippen LogP contribution in [0.5, 0.6) is 0 Å². The first kappa shape index (κ1) is 92.9. The maximum atomic E-state index is 13.6. The molecule has 12 saturated carbocycles. The van der Waals surface area contributed by atoms with E-state index < -0.39 is 70.5 Å². The lowest BCUT2D eigenvalue weighted by Gasteiger charge is -2.64. The van der Waals surface area contributed by atoms with Crippen LogP contribution < -0.4 is 19.6 Å². The van der Waals surface area contributed by atoms with Crippen LogP contribution >= 0.6 is 45.3 Å². The van der Waals surface area contributed by atoms with E-state index in [0.29, 0.717) is 60.1 Å². The normalized spacial score (nSPS) is 42.3. The minimum absolute atomic E-state index is 0.0425. The Balaban J connectivity index is 0.000000119. The summed E-state index contributed by atoms with van der Waals surface area (Å²) in [7, 11) is 4.04. The molecule has 8 bridgehead atoms. The summed E-state index contributed by atoms with van der Waals surface area (Å²) >= 11 is 7.17. The monoisotopic (exact) mass is 1810 g/mol. The van der Waals surface area contributed by atoms with Crippen LogP contribution in [0.15, 0.2) is 48.6 Å². The third kappa shape index (κ3) is 11.9. The van der Waals surface area contributed by atoms with E-state index in [4.69, 9.17) is 19.9 Å². The Labute approximate surface area is 765 Å². The molecule has 16 aliphatic rings. The zero-order chi connectivity index (χ0) is 91.8. The van der Waals surface area contributed by atoms with Crippen molar-refractivity contribution in [2.24, 2.45) is 114 Å². The van der Waals surface area contributed by atoms with Crippen molar-refractivity contribution in [3.05, 3.63) is 90.9 Å². The van der Waals surface area contributed by atoms with E-state index in [1.165, 1.54) is 30.9 Å². The van der Waals surface area contributed by atoms with Gasteiger partial charge in [-0.3, -0.25) is 19.2 Å². The van der Waals surface area contributed by atoms with Crippen LogP contribution in [-0.4, -0.2) is 185 Å². The van der Waals surface area contributed by atoms with Gasteiger partial charge in [0.15, 0.2) is 43.7 Å². The molecular formula is C102H148N8O12S4. The molecule has 24 heteroatoms. The van der Waals surface area contributed by atoms with Crippen molar-refractivity contribution in [3.8, 4) is 0 Å². The summed E-state index contributed by atoms with van der Waals surface area (Å²) < 4.78 is 0. The van der Waals surface area contributed by atoms with E-state index in [2.05, 4.69) is 184 Å². The average molecular weight is 1810 g/mol. The number of ketones is 4. The molecule has 16 aliphatic carbocycles. The molecule has 692 valence electrons. The Morgan fingerprint density at radius 3 is 0.817 bits per heavy atom. The number of Topliss-reactive ketones (excluding diaryl/α,β-unsaturated/α-hetero) is 4. The molecule has 0 aliphatic heterocycles. The van der Waals surface area contributed by atoms with Crippen LogP contribution in [-0.2, 0) is 66.5 Å². The van der Waals surface area contributed by atoms with Gasteiger partial charge in [-0.05, 0) is 248 Å². The van der Waals surface area contributed by atoms with Crippen molar-refractivity contribution in [2.75, 3.05) is 59.9 Å². The van der Waals surface area contributed by atoms with Crippen molar-refractivity contribution in [1.82, 2.24) is 19.9 Å². The minimum Gasteiger partial charge on any atom is -0.392 e. The molecule has 126 heavy (non-hydrogen) atoms. The third-order valence-corrected chi connectivity index (χ3v) is 43.2. The quantitative estimate of drug-likeness (QED) is 0.0612. The van der Waals surface area contributed by atoms with Crippen molar-refractivity contribution in [1.29, 1.82) is 0 Å². The maximum absolute atomic E-state index is 13.6. The molecule has 20 nitrogen and oxygen atoms in total. The number of aliphatic hydroxyl groups excluding tert-OH is 8. The molecule has 0 saturated heterocycles. The highest BCUT2D eigenvalue weighted by Gasteiger charge is 2.80. The van der Waals surface area contributed by atoms with Crippen molar-refractivity contribution in [3.63, 3.8) is 0 Å². The second-order valence-electron chi connectivity index (χ2n) is 46.4. The zero-order valence-corrected chi connectivity index (χ0v) is 82.8. The predicted molar refractivity (Wildman–Crippen MR) is 503 cm³/mol. The lowest BCUT2D eigenvalue weighted by molar-refractivity contribution is -0.212. The van der Waals surface area contributed by atoms with Gasteiger partial charge >= 0.3 is 0 Å². The van der Waals surface area contributed by atoms with Crippen LogP contribution in [0, 0.1) is 114 Å². The number of hydrogen-bond donors (Lipinski definition) is 8. The predicted octanol–water partition coefficient (Wildman–Crippen LogP) is 15.7. The second kappa shape index (κ2) is 30.8. The van der Waals surface area contributed by atoms with Gasteiger partial charge in [0, 0.05) is 117 Å². The SMILES string of the molecule is C=C1C(=O)C23C(O)CC4C(C)(C)c5nc(N(C(C)C)C(C)C)sc5CC4(C)C2CCC1C3O.C=C1C(=O)C23C(O)CC4C(C)(C)c5nc(N(C)C)sc5CC4(C)C2CCC1C3O.C=C1C(=O)C23C(O)CC4C(C)(C)c5nc(N(CC)CC)sc5CC4(C)C2CCC1C3O.C=C1C(=O)C23C(O)CC4C(C)(C)c5nc(N(CCC)CCC)sc5CC4(C)C2CCC1C3O.